The second-order valence-electron chi connectivity index (χ2n) is 11.9. The average Bonchev–Trinajstić information content (AvgIpc) is 3.15. The number of alkyl halides is 3. The number of amides is 4. The number of carbonyl (C=O) groups is 4. The summed E-state index contributed by atoms with van der Waals surface area (Å²) in [4.78, 5) is 50.9. The first-order valence-corrected chi connectivity index (χ1v) is 14.5. The summed E-state index contributed by atoms with van der Waals surface area (Å²) in [6, 6.07) is 15.0. The number of urea groups is 1. The normalized spacial score (nSPS) is 16.0. The Hall–Kier alpha value is -4.13. The molecule has 2 aromatic rings. The minimum atomic E-state index is -5.08. The van der Waals surface area contributed by atoms with Gasteiger partial charge in [0.2, 0.25) is 0 Å². The molecule has 0 bridgehead atoms. The molecule has 10 nitrogen and oxygen atoms in total. The van der Waals surface area contributed by atoms with Crippen LogP contribution in [-0.2, 0) is 11.3 Å². The Kier molecular flexibility index (Phi) is 11.7. The summed E-state index contributed by atoms with van der Waals surface area (Å²) in [6.45, 7) is 9.66. The van der Waals surface area contributed by atoms with E-state index in [0.29, 0.717) is 29.9 Å². The third-order valence-electron chi connectivity index (χ3n) is 7.03. The fourth-order valence-corrected chi connectivity index (χ4v) is 4.60. The second kappa shape index (κ2) is 15.0. The predicted octanol–water partition coefficient (Wildman–Crippen LogP) is 4.87. The van der Waals surface area contributed by atoms with Crippen molar-refractivity contribution < 1.29 is 37.5 Å². The molecule has 4 rings (SSSR count). The second-order valence-corrected chi connectivity index (χ2v) is 11.9. The number of aliphatic carboxylic acids is 1. The van der Waals surface area contributed by atoms with Crippen LogP contribution < -0.4 is 16.0 Å². The summed E-state index contributed by atoms with van der Waals surface area (Å²) in [5.74, 6) is -2.82. The Morgan fingerprint density at radius 2 is 1.55 bits per heavy atom. The van der Waals surface area contributed by atoms with Crippen LogP contribution in [0.2, 0.25) is 0 Å². The van der Waals surface area contributed by atoms with Crippen molar-refractivity contribution in [1.82, 2.24) is 20.4 Å². The molecule has 1 heterocycles. The van der Waals surface area contributed by atoms with Gasteiger partial charge in [0.25, 0.3) is 11.8 Å². The van der Waals surface area contributed by atoms with Crippen LogP contribution in [0.15, 0.2) is 48.5 Å². The van der Waals surface area contributed by atoms with Crippen molar-refractivity contribution in [2.75, 3.05) is 31.5 Å². The molecule has 2 aromatic carbocycles. The first kappa shape index (κ1) is 34.4. The highest BCUT2D eigenvalue weighted by Gasteiger charge is 2.38. The van der Waals surface area contributed by atoms with E-state index in [-0.39, 0.29) is 29.4 Å². The maximum absolute atomic E-state index is 13.1. The zero-order valence-electron chi connectivity index (χ0n) is 25.2. The van der Waals surface area contributed by atoms with E-state index < -0.39 is 12.1 Å². The zero-order valence-corrected chi connectivity index (χ0v) is 25.2. The minimum absolute atomic E-state index is 0.00756. The van der Waals surface area contributed by atoms with Crippen LogP contribution in [0, 0.1) is 0 Å². The van der Waals surface area contributed by atoms with Gasteiger partial charge in [-0.3, -0.25) is 14.5 Å². The van der Waals surface area contributed by atoms with Crippen LogP contribution in [0.4, 0.5) is 23.7 Å². The summed E-state index contributed by atoms with van der Waals surface area (Å²) < 4.78 is 31.7. The van der Waals surface area contributed by atoms with Gasteiger partial charge in [0.15, 0.2) is 0 Å². The molecule has 0 spiro atoms. The molecule has 1 aliphatic carbocycles. The van der Waals surface area contributed by atoms with Gasteiger partial charge in [-0.15, -0.1) is 0 Å². The minimum Gasteiger partial charge on any atom is -0.475 e. The van der Waals surface area contributed by atoms with Crippen molar-refractivity contribution in [1.29, 1.82) is 0 Å². The first-order valence-electron chi connectivity index (χ1n) is 14.5. The molecular formula is C31H40F3N5O5. The Morgan fingerprint density at radius 1 is 0.886 bits per heavy atom. The molecule has 0 aromatic heterocycles. The standard InChI is InChI=1S/C29H39N5O3.C2HF3O2/c1-29(2,3)32-26(35)23-8-4-7-21(19-23)20-33-15-6-16-34(18-17-33)27(36)22-11-13-25(14-12-22)31-28(37)30-24-9-5-10-24;3-2(4,5)1(6)7/h4,7-8,11-14,19,24H,5-6,9-10,15-18,20H2,1-3H3,(H,32,35)(H2,30,31,37);(H,6,7). The maximum Gasteiger partial charge on any atom is 0.490 e. The van der Waals surface area contributed by atoms with Gasteiger partial charge in [0, 0.05) is 61.1 Å². The molecule has 2 aliphatic rings. The van der Waals surface area contributed by atoms with Gasteiger partial charge >= 0.3 is 18.2 Å². The number of carbonyl (C=O) groups excluding carboxylic acids is 3. The Morgan fingerprint density at radius 3 is 2.11 bits per heavy atom. The molecule has 1 aliphatic heterocycles. The maximum atomic E-state index is 13.1. The number of nitrogens with zero attached hydrogens (tertiary/aromatic N) is 2. The number of benzene rings is 2. The lowest BCUT2D eigenvalue weighted by molar-refractivity contribution is -0.192. The van der Waals surface area contributed by atoms with Crippen molar-refractivity contribution in [3.05, 3.63) is 65.2 Å². The van der Waals surface area contributed by atoms with Crippen molar-refractivity contribution in [2.24, 2.45) is 0 Å². The molecule has 0 radical (unpaired) electrons. The van der Waals surface area contributed by atoms with E-state index in [2.05, 4.69) is 20.9 Å². The van der Waals surface area contributed by atoms with E-state index in [1.54, 1.807) is 24.3 Å². The van der Waals surface area contributed by atoms with E-state index in [4.69, 9.17) is 9.90 Å². The van der Waals surface area contributed by atoms with E-state index in [1.165, 1.54) is 6.42 Å². The largest absolute Gasteiger partial charge is 0.490 e. The van der Waals surface area contributed by atoms with Gasteiger partial charge in [0.05, 0.1) is 0 Å². The van der Waals surface area contributed by atoms with Gasteiger partial charge < -0.3 is 26.0 Å². The van der Waals surface area contributed by atoms with Crippen LogP contribution >= 0.6 is 0 Å². The Balaban J connectivity index is 0.000000676. The highest BCUT2D eigenvalue weighted by Crippen LogP contribution is 2.19. The van der Waals surface area contributed by atoms with Gasteiger partial charge in [-0.25, -0.2) is 9.59 Å². The molecule has 13 heteroatoms. The molecule has 1 saturated carbocycles. The smallest absolute Gasteiger partial charge is 0.475 e. The Bertz CT molecular complexity index is 1310. The number of halogens is 3. The average molecular weight is 620 g/mol. The SMILES string of the molecule is CC(C)(C)NC(=O)c1cccc(CN2CCCN(C(=O)c3ccc(NC(=O)NC4CCC4)cc3)CC2)c1.O=C(O)C(F)(F)F. The number of anilines is 1. The van der Waals surface area contributed by atoms with Crippen LogP contribution in [0.5, 0.6) is 0 Å². The van der Waals surface area contributed by atoms with Gasteiger partial charge in [0.1, 0.15) is 0 Å². The fourth-order valence-electron chi connectivity index (χ4n) is 4.60. The lowest BCUT2D eigenvalue weighted by atomic mass is 9.93. The highest BCUT2D eigenvalue weighted by atomic mass is 19.4. The van der Waals surface area contributed by atoms with Gasteiger partial charge in [-0.2, -0.15) is 13.2 Å². The lowest BCUT2D eigenvalue weighted by Crippen LogP contribution is -2.41. The van der Waals surface area contributed by atoms with Crippen molar-refractivity contribution in [2.45, 2.75) is 70.8 Å². The fraction of sp³-hybridized carbons (Fsp3) is 0.484. The van der Waals surface area contributed by atoms with Gasteiger partial charge in [-0.1, -0.05) is 12.1 Å². The Labute approximate surface area is 255 Å². The van der Waals surface area contributed by atoms with Crippen LogP contribution in [0.1, 0.15) is 72.7 Å². The molecular weight excluding hydrogens is 579 g/mol. The van der Waals surface area contributed by atoms with E-state index in [9.17, 15) is 27.6 Å². The zero-order chi connectivity index (χ0) is 32.5. The number of hydrogen-bond acceptors (Lipinski definition) is 5. The molecule has 0 atom stereocenters. The quantitative estimate of drug-likeness (QED) is 0.365. The third kappa shape index (κ3) is 11.2. The van der Waals surface area contributed by atoms with Crippen molar-refractivity contribution in [3.8, 4) is 0 Å². The number of nitrogens with one attached hydrogen (secondary N) is 3. The summed E-state index contributed by atoms with van der Waals surface area (Å²) in [6.07, 6.45) is -0.958. The number of rotatable bonds is 6. The van der Waals surface area contributed by atoms with E-state index in [1.807, 2.05) is 49.9 Å². The third-order valence-corrected chi connectivity index (χ3v) is 7.03. The summed E-state index contributed by atoms with van der Waals surface area (Å²) in [7, 11) is 0. The molecule has 240 valence electrons. The van der Waals surface area contributed by atoms with Crippen LogP contribution in [0.25, 0.3) is 0 Å². The van der Waals surface area contributed by atoms with Gasteiger partial charge in [-0.05, 0) is 88.4 Å². The van der Waals surface area contributed by atoms with E-state index >= 15 is 0 Å². The van der Waals surface area contributed by atoms with Crippen molar-refractivity contribution in [3.63, 3.8) is 0 Å². The summed E-state index contributed by atoms with van der Waals surface area (Å²) in [5, 5.41) is 15.9. The van der Waals surface area contributed by atoms with Crippen LogP contribution in [0.3, 0.4) is 0 Å². The highest BCUT2D eigenvalue weighted by molar-refractivity contribution is 5.96. The molecule has 0 unspecified atom stereocenters. The van der Waals surface area contributed by atoms with Crippen LogP contribution in [-0.4, -0.2) is 82.7 Å². The first-order chi connectivity index (χ1) is 20.6. The predicted molar refractivity (Wildman–Crippen MR) is 159 cm³/mol. The summed E-state index contributed by atoms with van der Waals surface area (Å²) >= 11 is 0. The molecule has 2 fully saturated rings. The molecule has 4 N–H and O–H groups in total. The monoisotopic (exact) mass is 619 g/mol. The molecule has 4 amide bonds. The van der Waals surface area contributed by atoms with E-state index in [0.717, 1.165) is 44.5 Å². The van der Waals surface area contributed by atoms with Crippen molar-refractivity contribution >= 4 is 29.5 Å². The lowest BCUT2D eigenvalue weighted by Gasteiger charge is -2.26. The molecule has 1 saturated heterocycles. The number of carboxylic acids is 1. The summed E-state index contributed by atoms with van der Waals surface area (Å²) in [5.41, 5.74) is 2.77. The topological polar surface area (TPSA) is 131 Å². The molecule has 44 heavy (non-hydrogen) atoms. The number of hydrogen-bond donors (Lipinski definition) is 4. The number of carboxylic acid groups (broad SMARTS) is 1.